The molecule has 1 rings (SSSR count). The third-order valence-electron chi connectivity index (χ3n) is 0.956. The summed E-state index contributed by atoms with van der Waals surface area (Å²) in [6, 6.07) is 0. The van der Waals surface area contributed by atoms with E-state index >= 15 is 0 Å². The molecule has 0 aromatic carbocycles. The van der Waals surface area contributed by atoms with Crippen molar-refractivity contribution < 1.29 is 0 Å². The fraction of sp³-hybridized carbons (Fsp3) is 0.500. The van der Waals surface area contributed by atoms with Gasteiger partial charge in [0.05, 0.1) is 5.51 Å². The van der Waals surface area contributed by atoms with E-state index < -0.39 is 0 Å². The lowest BCUT2D eigenvalue weighted by Crippen LogP contribution is -2.09. The third kappa shape index (κ3) is 5.44. The van der Waals surface area contributed by atoms with Crippen molar-refractivity contribution in [2.45, 2.75) is 6.54 Å². The molecule has 1 aromatic rings. The highest BCUT2D eigenvalue weighted by molar-refractivity contribution is 7.09. The molecule has 0 bridgehead atoms. The Labute approximate surface area is 83.5 Å². The molecule has 0 unspecified atom stereocenters. The minimum atomic E-state index is 0. The Morgan fingerprint density at radius 2 is 2.09 bits per heavy atom. The number of thiazole rings is 1. The number of aromatic nitrogens is 1. The molecule has 0 aliphatic heterocycles. The standard InChI is InChI=1S/C6H10N2S.2ClH/c1-8(2)4-6-3-7-5-9-6;;/h3,5H,4H2,1-2H3;2*1H. The van der Waals surface area contributed by atoms with Crippen LogP contribution in [0.3, 0.4) is 0 Å². The lowest BCUT2D eigenvalue weighted by molar-refractivity contribution is 0.406. The number of hydrogen-bond donors (Lipinski definition) is 0. The van der Waals surface area contributed by atoms with Gasteiger partial charge in [-0.1, -0.05) is 0 Å². The van der Waals surface area contributed by atoms with Gasteiger partial charge in [0.1, 0.15) is 0 Å². The predicted molar refractivity (Wildman–Crippen MR) is 54.0 cm³/mol. The predicted octanol–water partition coefficient (Wildman–Crippen LogP) is 2.05. The van der Waals surface area contributed by atoms with Crippen LogP contribution in [0.15, 0.2) is 11.7 Å². The van der Waals surface area contributed by atoms with E-state index in [-0.39, 0.29) is 24.8 Å². The van der Waals surface area contributed by atoms with Gasteiger partial charge < -0.3 is 4.90 Å². The molecule has 0 spiro atoms. The summed E-state index contributed by atoms with van der Waals surface area (Å²) in [6.45, 7) is 1.00. The highest BCUT2D eigenvalue weighted by atomic mass is 35.5. The van der Waals surface area contributed by atoms with Gasteiger partial charge in [-0.05, 0) is 14.1 Å². The number of nitrogens with zero attached hydrogens (tertiary/aromatic N) is 2. The van der Waals surface area contributed by atoms with Gasteiger partial charge in [0.25, 0.3) is 0 Å². The van der Waals surface area contributed by atoms with Gasteiger partial charge in [-0.3, -0.25) is 4.98 Å². The van der Waals surface area contributed by atoms with E-state index in [0.29, 0.717) is 0 Å². The SMILES string of the molecule is CN(C)Cc1cncs1.Cl.Cl. The van der Waals surface area contributed by atoms with E-state index in [1.165, 1.54) is 4.88 Å². The Balaban J connectivity index is 0. The number of hydrogen-bond acceptors (Lipinski definition) is 3. The highest BCUT2D eigenvalue weighted by Crippen LogP contribution is 2.06. The Morgan fingerprint density at radius 1 is 1.45 bits per heavy atom. The maximum Gasteiger partial charge on any atom is 0.0794 e. The number of rotatable bonds is 2. The molecule has 0 saturated heterocycles. The minimum Gasteiger partial charge on any atom is -0.304 e. The van der Waals surface area contributed by atoms with Crippen LogP contribution < -0.4 is 0 Å². The zero-order chi connectivity index (χ0) is 6.69. The van der Waals surface area contributed by atoms with Crippen molar-refractivity contribution >= 4 is 36.2 Å². The summed E-state index contributed by atoms with van der Waals surface area (Å²) in [7, 11) is 4.11. The van der Waals surface area contributed by atoms with Gasteiger partial charge in [-0.2, -0.15) is 0 Å². The fourth-order valence-corrected chi connectivity index (χ4v) is 1.34. The average Bonchev–Trinajstić information content (AvgIpc) is 2.15. The number of halogens is 2. The van der Waals surface area contributed by atoms with Crippen LogP contribution in [0.25, 0.3) is 0 Å². The van der Waals surface area contributed by atoms with Crippen LogP contribution in [-0.4, -0.2) is 24.0 Å². The molecule has 0 fully saturated rings. The van der Waals surface area contributed by atoms with Crippen molar-refractivity contribution in [3.63, 3.8) is 0 Å². The van der Waals surface area contributed by atoms with Crippen molar-refractivity contribution in [2.24, 2.45) is 0 Å². The first-order valence-electron chi connectivity index (χ1n) is 2.81. The maximum atomic E-state index is 3.97. The van der Waals surface area contributed by atoms with Crippen LogP contribution in [0, 0.1) is 0 Å². The summed E-state index contributed by atoms with van der Waals surface area (Å²) in [4.78, 5) is 7.42. The Bertz CT molecular complexity index is 165. The molecule has 66 valence electrons. The van der Waals surface area contributed by atoms with Gasteiger partial charge in [0, 0.05) is 17.6 Å². The van der Waals surface area contributed by atoms with Crippen LogP contribution in [0.2, 0.25) is 0 Å². The second kappa shape index (κ2) is 6.85. The lowest BCUT2D eigenvalue weighted by Gasteiger charge is -2.04. The molecule has 2 nitrogen and oxygen atoms in total. The van der Waals surface area contributed by atoms with Gasteiger partial charge >= 0.3 is 0 Å². The van der Waals surface area contributed by atoms with E-state index in [1.54, 1.807) is 11.3 Å². The molecule has 0 aliphatic carbocycles. The summed E-state index contributed by atoms with van der Waals surface area (Å²) in [6.07, 6.45) is 1.91. The quantitative estimate of drug-likeness (QED) is 0.750. The molecule has 0 atom stereocenters. The van der Waals surface area contributed by atoms with Crippen molar-refractivity contribution in [2.75, 3.05) is 14.1 Å². The van der Waals surface area contributed by atoms with E-state index in [1.807, 2.05) is 11.7 Å². The molecule has 1 heterocycles. The first-order chi connectivity index (χ1) is 4.29. The van der Waals surface area contributed by atoms with E-state index in [0.717, 1.165) is 6.54 Å². The summed E-state index contributed by atoms with van der Waals surface area (Å²) in [5.74, 6) is 0. The van der Waals surface area contributed by atoms with Gasteiger partial charge in [0.2, 0.25) is 0 Å². The molecule has 0 saturated carbocycles. The summed E-state index contributed by atoms with van der Waals surface area (Å²) in [5.41, 5.74) is 1.86. The minimum absolute atomic E-state index is 0. The molecule has 0 amide bonds. The van der Waals surface area contributed by atoms with Crippen molar-refractivity contribution in [3.8, 4) is 0 Å². The van der Waals surface area contributed by atoms with E-state index in [9.17, 15) is 0 Å². The molecule has 5 heteroatoms. The van der Waals surface area contributed by atoms with Crippen LogP contribution in [0.1, 0.15) is 4.88 Å². The third-order valence-corrected chi connectivity index (χ3v) is 1.72. The normalized spacial score (nSPS) is 8.64. The zero-order valence-electron chi connectivity index (χ0n) is 6.48. The Hall–Kier alpha value is 0.170. The molecule has 1 aromatic heterocycles. The molecular formula is C6H12Cl2N2S. The van der Waals surface area contributed by atoms with Crippen molar-refractivity contribution in [1.82, 2.24) is 9.88 Å². The summed E-state index contributed by atoms with van der Waals surface area (Å²) >= 11 is 1.70. The lowest BCUT2D eigenvalue weighted by atomic mass is 10.5. The van der Waals surface area contributed by atoms with E-state index in [2.05, 4.69) is 24.0 Å². The summed E-state index contributed by atoms with van der Waals surface area (Å²) < 4.78 is 0. The van der Waals surface area contributed by atoms with Crippen molar-refractivity contribution in [3.05, 3.63) is 16.6 Å². The van der Waals surface area contributed by atoms with Crippen LogP contribution in [-0.2, 0) is 6.54 Å². The Kier molecular flexibility index (Phi) is 8.56. The smallest absolute Gasteiger partial charge is 0.0794 e. The molecular weight excluding hydrogens is 203 g/mol. The first-order valence-corrected chi connectivity index (χ1v) is 3.69. The molecule has 11 heavy (non-hydrogen) atoms. The van der Waals surface area contributed by atoms with E-state index in [4.69, 9.17) is 0 Å². The zero-order valence-corrected chi connectivity index (χ0v) is 8.93. The van der Waals surface area contributed by atoms with Gasteiger partial charge in [0.15, 0.2) is 0 Å². The van der Waals surface area contributed by atoms with Crippen LogP contribution in [0.4, 0.5) is 0 Å². The summed E-state index contributed by atoms with van der Waals surface area (Å²) in [5, 5.41) is 0. The topological polar surface area (TPSA) is 16.1 Å². The molecule has 0 aliphatic rings. The highest BCUT2D eigenvalue weighted by Gasteiger charge is 1.93. The molecule has 0 radical (unpaired) electrons. The van der Waals surface area contributed by atoms with Crippen LogP contribution in [0.5, 0.6) is 0 Å². The van der Waals surface area contributed by atoms with Gasteiger partial charge in [-0.25, -0.2) is 0 Å². The maximum absolute atomic E-state index is 3.97. The second-order valence-electron chi connectivity index (χ2n) is 2.21. The second-order valence-corrected chi connectivity index (χ2v) is 3.18. The average molecular weight is 215 g/mol. The largest absolute Gasteiger partial charge is 0.304 e. The van der Waals surface area contributed by atoms with Crippen LogP contribution >= 0.6 is 36.2 Å². The van der Waals surface area contributed by atoms with Crippen molar-refractivity contribution in [1.29, 1.82) is 0 Å². The Morgan fingerprint density at radius 3 is 2.45 bits per heavy atom. The first kappa shape index (κ1) is 13.7. The van der Waals surface area contributed by atoms with Gasteiger partial charge in [-0.15, -0.1) is 36.2 Å². The molecule has 0 N–H and O–H groups in total. The fourth-order valence-electron chi connectivity index (χ4n) is 0.632. The monoisotopic (exact) mass is 214 g/mol.